The molecule has 7 nitrogen and oxygen atoms in total. The Morgan fingerprint density at radius 3 is 2.65 bits per heavy atom. The first-order valence-electron chi connectivity index (χ1n) is 6.99. The predicted octanol–water partition coefficient (Wildman–Crippen LogP) is 1.95. The van der Waals surface area contributed by atoms with Crippen LogP contribution in [0.3, 0.4) is 0 Å². The fraction of sp³-hybridized carbons (Fsp3) is 0.357. The first-order valence-corrected chi connectivity index (χ1v) is 6.99. The van der Waals surface area contributed by atoms with Crippen LogP contribution in [0.15, 0.2) is 18.5 Å². The highest BCUT2D eigenvalue weighted by atomic mass is 19.1. The summed E-state index contributed by atoms with van der Waals surface area (Å²) in [6, 6.07) is 1.40. The van der Waals surface area contributed by atoms with Crippen LogP contribution in [0.2, 0.25) is 0 Å². The highest BCUT2D eigenvalue weighted by Gasteiger charge is 2.13. The van der Waals surface area contributed by atoms with E-state index in [4.69, 9.17) is 0 Å². The zero-order chi connectivity index (χ0) is 16.8. The Bertz CT molecular complexity index is 667. The number of aromatic nitrogens is 3. The van der Waals surface area contributed by atoms with Crippen molar-refractivity contribution in [1.29, 1.82) is 0 Å². The van der Waals surface area contributed by atoms with Gasteiger partial charge in [-0.1, -0.05) is 6.92 Å². The van der Waals surface area contributed by atoms with Crippen molar-refractivity contribution in [1.82, 2.24) is 20.1 Å². The maximum absolute atomic E-state index is 13.5. The lowest BCUT2D eigenvalue weighted by molar-refractivity contribution is 0.251. The number of amides is 2. The molecule has 0 aliphatic rings. The van der Waals surface area contributed by atoms with Gasteiger partial charge >= 0.3 is 6.03 Å². The van der Waals surface area contributed by atoms with E-state index in [9.17, 15) is 13.6 Å². The van der Waals surface area contributed by atoms with E-state index in [1.807, 2.05) is 11.5 Å². The van der Waals surface area contributed by atoms with Crippen LogP contribution < -0.4 is 15.4 Å². The molecule has 1 aromatic heterocycles. The maximum atomic E-state index is 13.5. The molecule has 0 atom stereocenters. The average Bonchev–Trinajstić information content (AvgIpc) is 2.94. The number of hydrogen-bond donors (Lipinski definition) is 2. The molecule has 0 fully saturated rings. The number of urea groups is 1. The second-order valence-corrected chi connectivity index (χ2v) is 4.65. The van der Waals surface area contributed by atoms with Gasteiger partial charge < -0.3 is 19.9 Å². The van der Waals surface area contributed by atoms with Gasteiger partial charge in [0.2, 0.25) is 0 Å². The number of nitrogens with zero attached hydrogens (tertiary/aromatic N) is 3. The van der Waals surface area contributed by atoms with Gasteiger partial charge in [-0.15, -0.1) is 10.2 Å². The smallest absolute Gasteiger partial charge is 0.319 e. The molecule has 0 aliphatic carbocycles. The quantitative estimate of drug-likeness (QED) is 0.850. The summed E-state index contributed by atoms with van der Waals surface area (Å²) >= 11 is 0. The van der Waals surface area contributed by atoms with Gasteiger partial charge in [-0.2, -0.15) is 0 Å². The summed E-state index contributed by atoms with van der Waals surface area (Å²) in [7, 11) is 1.16. The van der Waals surface area contributed by atoms with Gasteiger partial charge in [-0.25, -0.2) is 13.6 Å². The second kappa shape index (κ2) is 7.52. The molecular formula is C14H17F2N5O2. The molecule has 23 heavy (non-hydrogen) atoms. The van der Waals surface area contributed by atoms with E-state index in [1.165, 1.54) is 0 Å². The van der Waals surface area contributed by atoms with E-state index in [-0.39, 0.29) is 5.69 Å². The number of carbonyl (C=O) groups excluding carboxylic acids is 1. The van der Waals surface area contributed by atoms with E-state index in [2.05, 4.69) is 25.6 Å². The van der Waals surface area contributed by atoms with Crippen molar-refractivity contribution in [2.75, 3.05) is 19.0 Å². The first-order chi connectivity index (χ1) is 11.0. The first kappa shape index (κ1) is 16.7. The lowest BCUT2D eigenvalue weighted by atomic mass is 10.2. The van der Waals surface area contributed by atoms with Crippen molar-refractivity contribution in [2.45, 2.75) is 19.9 Å². The van der Waals surface area contributed by atoms with E-state index < -0.39 is 23.4 Å². The third-order valence-electron chi connectivity index (χ3n) is 3.11. The number of nitrogens with one attached hydrogen (secondary N) is 2. The number of carbonyl (C=O) groups is 1. The van der Waals surface area contributed by atoms with Crippen molar-refractivity contribution in [2.24, 2.45) is 0 Å². The highest BCUT2D eigenvalue weighted by Crippen LogP contribution is 2.25. The topological polar surface area (TPSA) is 81.1 Å². The van der Waals surface area contributed by atoms with Gasteiger partial charge in [0.1, 0.15) is 12.2 Å². The Balaban J connectivity index is 1.88. The predicted molar refractivity (Wildman–Crippen MR) is 79.3 cm³/mol. The third-order valence-corrected chi connectivity index (χ3v) is 3.11. The molecule has 2 amide bonds. The number of aryl methyl sites for hydroxylation is 1. The Hall–Kier alpha value is -2.71. The van der Waals surface area contributed by atoms with Crippen molar-refractivity contribution in [3.63, 3.8) is 0 Å². The van der Waals surface area contributed by atoms with Gasteiger partial charge in [0, 0.05) is 37.3 Å². The molecule has 2 aromatic rings. The van der Waals surface area contributed by atoms with Crippen LogP contribution in [-0.2, 0) is 13.0 Å². The number of rotatable bonds is 6. The van der Waals surface area contributed by atoms with Gasteiger partial charge in [-0.05, 0) is 0 Å². The van der Waals surface area contributed by atoms with Crippen molar-refractivity contribution < 1.29 is 18.3 Å². The summed E-state index contributed by atoms with van der Waals surface area (Å²) in [6.45, 7) is 2.76. The van der Waals surface area contributed by atoms with E-state index in [1.54, 1.807) is 6.33 Å². The van der Waals surface area contributed by atoms with Crippen molar-refractivity contribution >= 4 is 11.7 Å². The molecule has 1 heterocycles. The van der Waals surface area contributed by atoms with E-state index in [0.29, 0.717) is 13.1 Å². The minimum Gasteiger partial charge on any atom is -0.491 e. The van der Waals surface area contributed by atoms with Gasteiger partial charge in [0.05, 0.1) is 7.11 Å². The average molecular weight is 325 g/mol. The summed E-state index contributed by atoms with van der Waals surface area (Å²) in [5.74, 6) is -1.46. The SMILES string of the molecule is CCc1nncn1CCNC(=O)Nc1cc(F)c(OC)c(F)c1. The van der Waals surface area contributed by atoms with E-state index in [0.717, 1.165) is 31.5 Å². The molecule has 2 rings (SSSR count). The fourth-order valence-corrected chi connectivity index (χ4v) is 2.03. The molecule has 124 valence electrons. The lowest BCUT2D eigenvalue weighted by Gasteiger charge is -2.10. The summed E-state index contributed by atoms with van der Waals surface area (Å²) < 4.78 is 33.4. The molecule has 0 unspecified atom stereocenters. The monoisotopic (exact) mass is 325 g/mol. The Morgan fingerprint density at radius 1 is 1.35 bits per heavy atom. The van der Waals surface area contributed by atoms with Crippen molar-refractivity contribution in [3.8, 4) is 5.75 Å². The number of methoxy groups -OCH3 is 1. The van der Waals surface area contributed by atoms with Crippen LogP contribution in [0.4, 0.5) is 19.3 Å². The molecule has 1 aromatic carbocycles. The lowest BCUT2D eigenvalue weighted by Crippen LogP contribution is -2.31. The zero-order valence-corrected chi connectivity index (χ0v) is 12.8. The van der Waals surface area contributed by atoms with Crippen LogP contribution in [0.5, 0.6) is 5.75 Å². The summed E-state index contributed by atoms with van der Waals surface area (Å²) in [6.07, 6.45) is 2.31. The summed E-state index contributed by atoms with van der Waals surface area (Å²) in [5.41, 5.74) is -0.00292. The third kappa shape index (κ3) is 4.15. The number of benzene rings is 1. The molecule has 9 heteroatoms. The molecule has 0 spiro atoms. The van der Waals surface area contributed by atoms with Crippen LogP contribution >= 0.6 is 0 Å². The summed E-state index contributed by atoms with van der Waals surface area (Å²) in [5, 5.41) is 12.7. The zero-order valence-electron chi connectivity index (χ0n) is 12.8. The molecule has 0 saturated carbocycles. The van der Waals surface area contributed by atoms with Crippen LogP contribution in [0.1, 0.15) is 12.7 Å². The summed E-state index contributed by atoms with van der Waals surface area (Å²) in [4.78, 5) is 11.7. The van der Waals surface area contributed by atoms with Gasteiger partial charge in [0.25, 0.3) is 0 Å². The minimum atomic E-state index is -0.889. The Labute approximate surface area is 131 Å². The van der Waals surface area contributed by atoms with Gasteiger partial charge in [0.15, 0.2) is 17.4 Å². The van der Waals surface area contributed by atoms with Crippen LogP contribution in [0.25, 0.3) is 0 Å². The highest BCUT2D eigenvalue weighted by molar-refractivity contribution is 5.89. The molecule has 2 N–H and O–H groups in total. The minimum absolute atomic E-state index is 0.00292. The van der Waals surface area contributed by atoms with Crippen LogP contribution in [0, 0.1) is 11.6 Å². The standard InChI is InChI=1S/C14H17F2N5O2/c1-3-12-20-18-8-21(12)5-4-17-14(22)19-9-6-10(15)13(23-2)11(16)7-9/h6-8H,3-5H2,1-2H3,(H2,17,19,22). The number of ether oxygens (including phenoxy) is 1. The second-order valence-electron chi connectivity index (χ2n) is 4.65. The number of hydrogen-bond acceptors (Lipinski definition) is 4. The Kier molecular flexibility index (Phi) is 5.45. The number of halogens is 2. The normalized spacial score (nSPS) is 10.4. The van der Waals surface area contributed by atoms with Gasteiger partial charge in [-0.3, -0.25) is 0 Å². The number of anilines is 1. The maximum Gasteiger partial charge on any atom is 0.319 e. The largest absolute Gasteiger partial charge is 0.491 e. The molecule has 0 radical (unpaired) electrons. The fourth-order valence-electron chi connectivity index (χ4n) is 2.03. The van der Waals surface area contributed by atoms with E-state index >= 15 is 0 Å². The molecule has 0 aliphatic heterocycles. The van der Waals surface area contributed by atoms with Crippen molar-refractivity contribution in [3.05, 3.63) is 35.9 Å². The molecule has 0 bridgehead atoms. The Morgan fingerprint density at radius 2 is 2.04 bits per heavy atom. The molecular weight excluding hydrogens is 308 g/mol. The molecule has 0 saturated heterocycles. The van der Waals surface area contributed by atoms with Crippen LogP contribution in [-0.4, -0.2) is 34.5 Å².